The number of rotatable bonds is 8. The number of hydrogen-bond acceptors (Lipinski definition) is 8. The highest BCUT2D eigenvalue weighted by Crippen LogP contribution is 2.33. The monoisotopic (exact) mass is 522 g/mol. The van der Waals surface area contributed by atoms with Crippen LogP contribution in [0.5, 0.6) is 5.75 Å². The first-order valence-electron chi connectivity index (χ1n) is 12.4. The first kappa shape index (κ1) is 26.6. The first-order valence-corrected chi connectivity index (χ1v) is 12.4. The minimum atomic E-state index is -0.949. The molecule has 4 rings (SSSR count). The van der Waals surface area contributed by atoms with Crippen LogP contribution in [0, 0.1) is 18.8 Å². The van der Waals surface area contributed by atoms with Crippen LogP contribution >= 0.6 is 0 Å². The highest BCUT2D eigenvalue weighted by atomic mass is 16.6. The maximum atomic E-state index is 12.7. The van der Waals surface area contributed by atoms with Crippen molar-refractivity contribution in [2.75, 3.05) is 17.7 Å². The third kappa shape index (κ3) is 5.93. The van der Waals surface area contributed by atoms with E-state index in [1.807, 2.05) is 18.2 Å². The number of hydrogen-bond donors (Lipinski definition) is 3. The number of carbonyl (C=O) groups is 3. The van der Waals surface area contributed by atoms with Gasteiger partial charge in [0, 0.05) is 5.56 Å². The van der Waals surface area contributed by atoms with Crippen LogP contribution in [0.2, 0.25) is 0 Å². The lowest BCUT2D eigenvalue weighted by Gasteiger charge is -2.27. The Labute approximate surface area is 219 Å². The molecule has 0 spiro atoms. The molecule has 0 radical (unpaired) electrons. The fraction of sp³-hybridized carbons (Fsp3) is 0.370. The van der Waals surface area contributed by atoms with Crippen molar-refractivity contribution in [1.29, 1.82) is 0 Å². The maximum Gasteiger partial charge on any atom is 0.412 e. The van der Waals surface area contributed by atoms with Gasteiger partial charge in [0.2, 0.25) is 11.7 Å². The molecule has 1 saturated carbocycles. The van der Waals surface area contributed by atoms with Gasteiger partial charge < -0.3 is 24.4 Å². The predicted octanol–water partition coefficient (Wildman–Crippen LogP) is 5.19. The van der Waals surface area contributed by atoms with Crippen LogP contribution in [0.4, 0.5) is 16.2 Å². The number of carbonyl (C=O) groups excluding carboxylic acids is 2. The number of ether oxygens (including phenoxy) is 2. The Balaban J connectivity index is 1.43. The lowest BCUT2D eigenvalue weighted by Crippen LogP contribution is -2.36. The third-order valence-electron chi connectivity index (χ3n) is 6.63. The predicted molar refractivity (Wildman–Crippen MR) is 138 cm³/mol. The Kier molecular flexibility index (Phi) is 8.25. The molecule has 2 unspecified atom stereocenters. The van der Waals surface area contributed by atoms with Crippen LogP contribution in [0.25, 0.3) is 11.5 Å². The summed E-state index contributed by atoms with van der Waals surface area (Å²) in [5.41, 5.74) is 2.24. The van der Waals surface area contributed by atoms with E-state index < -0.39 is 30.0 Å². The van der Waals surface area contributed by atoms with E-state index in [1.54, 1.807) is 39.2 Å². The maximum absolute atomic E-state index is 12.7. The Morgan fingerprint density at radius 3 is 2.50 bits per heavy atom. The average molecular weight is 523 g/mol. The van der Waals surface area contributed by atoms with E-state index in [2.05, 4.69) is 20.8 Å². The number of carboxylic acid groups (broad SMARTS) is 1. The van der Waals surface area contributed by atoms with E-state index in [4.69, 9.17) is 14.0 Å². The summed E-state index contributed by atoms with van der Waals surface area (Å²) in [5, 5.41) is 18.8. The number of aliphatic carboxylic acids is 1. The molecule has 2 heterocycles. The normalized spacial score (nSPS) is 17.8. The van der Waals surface area contributed by atoms with Gasteiger partial charge >= 0.3 is 12.1 Å². The van der Waals surface area contributed by atoms with Gasteiger partial charge in [-0.05, 0) is 44.9 Å². The topological polar surface area (TPSA) is 153 Å². The summed E-state index contributed by atoms with van der Waals surface area (Å²) in [6, 6.07) is 10.5. The van der Waals surface area contributed by atoms with Crippen LogP contribution in [0.1, 0.15) is 50.0 Å². The summed E-state index contributed by atoms with van der Waals surface area (Å²) in [5.74, 6) is -1.73. The first-order chi connectivity index (χ1) is 18.3. The number of carboxylic acids is 1. The number of para-hydroxylation sites is 1. The molecule has 3 aromatic rings. The van der Waals surface area contributed by atoms with Crippen molar-refractivity contribution in [2.24, 2.45) is 11.8 Å². The molecule has 1 aliphatic rings. The largest absolute Gasteiger partial charge is 0.496 e. The van der Waals surface area contributed by atoms with Gasteiger partial charge in [0.1, 0.15) is 28.9 Å². The van der Waals surface area contributed by atoms with Crippen molar-refractivity contribution >= 4 is 29.3 Å². The van der Waals surface area contributed by atoms with Crippen molar-refractivity contribution < 1.29 is 33.5 Å². The molecule has 2 aromatic heterocycles. The van der Waals surface area contributed by atoms with E-state index in [0.29, 0.717) is 41.4 Å². The lowest BCUT2D eigenvalue weighted by atomic mass is 9.78. The number of aryl methyl sites for hydroxylation is 1. The minimum absolute atomic E-state index is 0.223. The number of pyridine rings is 1. The van der Waals surface area contributed by atoms with Gasteiger partial charge in [-0.25, -0.2) is 4.79 Å². The van der Waals surface area contributed by atoms with Gasteiger partial charge in [0.15, 0.2) is 0 Å². The van der Waals surface area contributed by atoms with Crippen LogP contribution in [0.15, 0.2) is 47.1 Å². The van der Waals surface area contributed by atoms with Gasteiger partial charge in [0.05, 0.1) is 30.8 Å². The molecule has 200 valence electrons. The number of benzene rings is 1. The third-order valence-corrected chi connectivity index (χ3v) is 6.63. The van der Waals surface area contributed by atoms with Crippen molar-refractivity contribution in [1.82, 2.24) is 10.1 Å². The number of amides is 2. The zero-order valence-electron chi connectivity index (χ0n) is 21.4. The van der Waals surface area contributed by atoms with Crippen LogP contribution in [-0.2, 0) is 14.3 Å². The molecular formula is C27H30N4O7. The van der Waals surface area contributed by atoms with Crippen molar-refractivity contribution in [2.45, 2.75) is 45.6 Å². The number of nitrogens with one attached hydrogen (secondary N) is 2. The molecule has 0 bridgehead atoms. The van der Waals surface area contributed by atoms with E-state index in [0.717, 1.165) is 18.4 Å². The fourth-order valence-electron chi connectivity index (χ4n) is 4.63. The fourth-order valence-corrected chi connectivity index (χ4v) is 4.63. The smallest absolute Gasteiger partial charge is 0.412 e. The Bertz CT molecular complexity index is 1310. The van der Waals surface area contributed by atoms with Gasteiger partial charge in [-0.3, -0.25) is 19.9 Å². The van der Waals surface area contributed by atoms with E-state index >= 15 is 0 Å². The summed E-state index contributed by atoms with van der Waals surface area (Å²) in [4.78, 5) is 41.3. The Morgan fingerprint density at radius 1 is 1.08 bits per heavy atom. The van der Waals surface area contributed by atoms with Gasteiger partial charge in [-0.1, -0.05) is 36.2 Å². The minimum Gasteiger partial charge on any atom is -0.496 e. The Morgan fingerprint density at radius 2 is 1.82 bits per heavy atom. The van der Waals surface area contributed by atoms with Crippen LogP contribution in [-0.4, -0.2) is 40.3 Å². The quantitative estimate of drug-likeness (QED) is 0.362. The number of aromatic nitrogens is 2. The molecule has 11 nitrogen and oxygen atoms in total. The zero-order valence-corrected chi connectivity index (χ0v) is 21.4. The number of methoxy groups -OCH3 is 1. The molecule has 2 amide bonds. The molecule has 3 N–H and O–H groups in total. The molecule has 1 aliphatic carbocycles. The summed E-state index contributed by atoms with van der Waals surface area (Å²) >= 11 is 0. The van der Waals surface area contributed by atoms with Gasteiger partial charge in [-0.15, -0.1) is 0 Å². The number of anilines is 2. The molecular weight excluding hydrogens is 492 g/mol. The molecule has 11 heteroatoms. The standard InChI is InChI=1S/C27H30N4O7/c1-15-23(30-27(35)37-16(2)18-8-6-7-11-22(18)36-3)24(38-31-15)21-13-12-17(14-28-21)29-25(32)19-9-4-5-10-20(19)26(33)34/h6-8,11-14,16,19-20H,4-5,9-10H2,1-3H3,(H,29,32)(H,30,35)(H,33,34)/t16-,19?,20?/m1/s1. The highest BCUT2D eigenvalue weighted by Gasteiger charge is 2.35. The van der Waals surface area contributed by atoms with Crippen molar-refractivity contribution in [3.05, 3.63) is 53.9 Å². The average Bonchev–Trinajstić information content (AvgIpc) is 3.28. The van der Waals surface area contributed by atoms with Gasteiger partial charge in [-0.2, -0.15) is 0 Å². The summed E-state index contributed by atoms with van der Waals surface area (Å²) in [6.07, 6.45) is 2.80. The zero-order chi connectivity index (χ0) is 27.2. The second kappa shape index (κ2) is 11.8. The van der Waals surface area contributed by atoms with Gasteiger partial charge in [0.25, 0.3) is 0 Å². The van der Waals surface area contributed by atoms with Crippen molar-refractivity contribution in [3.63, 3.8) is 0 Å². The molecule has 3 atom stereocenters. The summed E-state index contributed by atoms with van der Waals surface area (Å²) in [6.45, 7) is 3.41. The van der Waals surface area contributed by atoms with E-state index in [9.17, 15) is 19.5 Å². The van der Waals surface area contributed by atoms with E-state index in [-0.39, 0.29) is 11.7 Å². The molecule has 0 saturated heterocycles. The summed E-state index contributed by atoms with van der Waals surface area (Å²) < 4.78 is 16.3. The van der Waals surface area contributed by atoms with Crippen LogP contribution < -0.4 is 15.4 Å². The van der Waals surface area contributed by atoms with Crippen LogP contribution in [0.3, 0.4) is 0 Å². The number of nitrogens with zero attached hydrogens (tertiary/aromatic N) is 2. The second-order valence-corrected chi connectivity index (χ2v) is 9.14. The van der Waals surface area contributed by atoms with E-state index in [1.165, 1.54) is 6.20 Å². The highest BCUT2D eigenvalue weighted by molar-refractivity contribution is 5.95. The molecule has 38 heavy (non-hydrogen) atoms. The lowest BCUT2D eigenvalue weighted by molar-refractivity contribution is -0.147. The van der Waals surface area contributed by atoms with Crippen molar-refractivity contribution in [3.8, 4) is 17.2 Å². The SMILES string of the molecule is COc1ccccc1[C@@H](C)OC(=O)Nc1c(C)noc1-c1ccc(NC(=O)C2CCCCC2C(=O)O)cn1. The second-order valence-electron chi connectivity index (χ2n) is 9.14. The summed E-state index contributed by atoms with van der Waals surface area (Å²) in [7, 11) is 1.55. The molecule has 1 fully saturated rings. The Hall–Kier alpha value is -4.41. The molecule has 1 aromatic carbocycles. The molecule has 0 aliphatic heterocycles.